The zero-order chi connectivity index (χ0) is 19.1. The van der Waals surface area contributed by atoms with Crippen molar-refractivity contribution in [1.82, 2.24) is 4.98 Å². The summed E-state index contributed by atoms with van der Waals surface area (Å²) in [6.45, 7) is 1.91. The van der Waals surface area contributed by atoms with Gasteiger partial charge < -0.3 is 42.0 Å². The molecule has 1 aromatic heterocycles. The van der Waals surface area contributed by atoms with E-state index >= 15 is 0 Å². The summed E-state index contributed by atoms with van der Waals surface area (Å²) in [5.41, 5.74) is 11.0. The molecular weight excluding hydrogens is 338 g/mol. The zero-order valence-electron chi connectivity index (χ0n) is 13.3. The van der Waals surface area contributed by atoms with Crippen LogP contribution in [0.5, 0.6) is 0 Å². The molecule has 8 N–H and O–H groups in total. The quantitative estimate of drug-likeness (QED) is 0.249. The first-order valence-corrected chi connectivity index (χ1v) is 7.37. The van der Waals surface area contributed by atoms with Crippen LogP contribution in [0, 0.1) is 5.21 Å². The standard InChI is InChI=1S/C9H15N5O.C4H6O6/c10-7-6-8(12-9(11)14(7)15)13-4-2-1-3-5-13;5-1(3(7)8)2(6)4(9)10/h6H,1-5,10H2,(H2,11,12);1-2,5-6H,(H,7,8)(H,9,10). The average molecular weight is 359 g/mol. The van der Waals surface area contributed by atoms with Crippen LogP contribution in [0.15, 0.2) is 6.07 Å². The van der Waals surface area contributed by atoms with Crippen molar-refractivity contribution in [2.75, 3.05) is 29.5 Å². The molecular formula is C13H21N5O7. The van der Waals surface area contributed by atoms with Gasteiger partial charge in [-0.25, -0.2) is 14.3 Å². The van der Waals surface area contributed by atoms with E-state index in [0.717, 1.165) is 25.9 Å². The van der Waals surface area contributed by atoms with Crippen molar-refractivity contribution in [3.05, 3.63) is 11.3 Å². The number of carbonyl (C=O) groups is 2. The topological polar surface area (TPSA) is 210 Å². The molecule has 1 saturated heterocycles. The molecule has 2 heterocycles. The molecule has 25 heavy (non-hydrogen) atoms. The Balaban J connectivity index is 0.000000275. The van der Waals surface area contributed by atoms with Gasteiger partial charge >= 0.3 is 17.9 Å². The highest BCUT2D eigenvalue weighted by Gasteiger charge is 2.29. The van der Waals surface area contributed by atoms with Gasteiger partial charge in [-0.3, -0.25) is 0 Å². The molecule has 1 aliphatic rings. The number of aliphatic carboxylic acids is 2. The van der Waals surface area contributed by atoms with Gasteiger partial charge in [0.2, 0.25) is 0 Å². The summed E-state index contributed by atoms with van der Waals surface area (Å²) in [4.78, 5) is 25.7. The first-order valence-electron chi connectivity index (χ1n) is 7.37. The van der Waals surface area contributed by atoms with Crippen LogP contribution < -0.4 is 21.1 Å². The molecule has 0 aromatic carbocycles. The number of nitrogens with zero attached hydrogens (tertiary/aromatic N) is 3. The fourth-order valence-corrected chi connectivity index (χ4v) is 2.07. The number of nitrogen functional groups attached to an aromatic ring is 2. The Morgan fingerprint density at radius 3 is 2.00 bits per heavy atom. The fraction of sp³-hybridized carbons (Fsp3) is 0.538. The SMILES string of the molecule is Nc1cc(N2CCCCC2)nc(N)[n+]1[O-].O=C(O)C(O)C(O)C(=O)O. The number of hydrogen-bond donors (Lipinski definition) is 6. The lowest BCUT2D eigenvalue weighted by atomic mass is 10.1. The lowest BCUT2D eigenvalue weighted by Gasteiger charge is -2.26. The summed E-state index contributed by atoms with van der Waals surface area (Å²) in [6, 6.07) is 1.58. The van der Waals surface area contributed by atoms with Crippen molar-refractivity contribution >= 4 is 29.5 Å². The van der Waals surface area contributed by atoms with E-state index in [1.165, 1.54) is 6.42 Å². The molecule has 2 atom stereocenters. The molecule has 0 amide bonds. The lowest BCUT2D eigenvalue weighted by Crippen LogP contribution is -2.39. The van der Waals surface area contributed by atoms with Gasteiger partial charge in [0.25, 0.3) is 0 Å². The highest BCUT2D eigenvalue weighted by Crippen LogP contribution is 2.18. The first-order chi connectivity index (χ1) is 11.6. The van der Waals surface area contributed by atoms with Crippen molar-refractivity contribution in [1.29, 1.82) is 0 Å². The van der Waals surface area contributed by atoms with Crippen LogP contribution in [0.4, 0.5) is 17.6 Å². The first kappa shape index (κ1) is 20.2. The Labute approximate surface area is 142 Å². The second-order valence-corrected chi connectivity index (χ2v) is 5.31. The van der Waals surface area contributed by atoms with Crippen LogP contribution in [0.2, 0.25) is 0 Å². The van der Waals surface area contributed by atoms with Gasteiger partial charge in [0, 0.05) is 13.1 Å². The summed E-state index contributed by atoms with van der Waals surface area (Å²) < 4.78 is 0.438. The number of carboxylic acid groups (broad SMARTS) is 2. The van der Waals surface area contributed by atoms with Gasteiger partial charge in [0.1, 0.15) is 0 Å². The highest BCUT2D eigenvalue weighted by molar-refractivity contribution is 5.83. The second kappa shape index (κ2) is 8.84. The molecule has 1 aromatic rings. The molecule has 0 radical (unpaired) electrons. The number of anilines is 3. The van der Waals surface area contributed by atoms with Crippen LogP contribution in [0.3, 0.4) is 0 Å². The number of aliphatic hydroxyl groups is 2. The van der Waals surface area contributed by atoms with E-state index in [-0.39, 0.29) is 11.8 Å². The molecule has 0 aliphatic carbocycles. The Morgan fingerprint density at radius 1 is 1.12 bits per heavy atom. The van der Waals surface area contributed by atoms with E-state index in [4.69, 9.17) is 31.9 Å². The number of nitrogens with two attached hydrogens (primary N) is 2. The predicted octanol–water partition coefficient (Wildman–Crippen LogP) is -2.25. The van der Waals surface area contributed by atoms with E-state index in [1.807, 2.05) is 0 Å². The summed E-state index contributed by atoms with van der Waals surface area (Å²) in [5, 5.41) is 43.7. The molecule has 1 aliphatic heterocycles. The van der Waals surface area contributed by atoms with Crippen molar-refractivity contribution in [2.45, 2.75) is 31.5 Å². The van der Waals surface area contributed by atoms with Crippen LogP contribution in [-0.4, -0.2) is 62.6 Å². The Kier molecular flexibility index (Phi) is 7.14. The number of carboxylic acids is 2. The molecule has 140 valence electrons. The number of rotatable bonds is 4. The van der Waals surface area contributed by atoms with Crippen molar-refractivity contribution in [2.24, 2.45) is 0 Å². The smallest absolute Gasteiger partial charge is 0.346 e. The third-order valence-electron chi connectivity index (χ3n) is 3.43. The molecule has 12 nitrogen and oxygen atoms in total. The van der Waals surface area contributed by atoms with Crippen LogP contribution in [-0.2, 0) is 9.59 Å². The number of hydrogen-bond acceptors (Lipinski definition) is 9. The van der Waals surface area contributed by atoms with Gasteiger partial charge in [0.05, 0.1) is 6.07 Å². The van der Waals surface area contributed by atoms with Crippen LogP contribution in [0.1, 0.15) is 19.3 Å². The molecule has 0 saturated carbocycles. The Morgan fingerprint density at radius 2 is 1.60 bits per heavy atom. The lowest BCUT2D eigenvalue weighted by molar-refractivity contribution is -0.576. The van der Waals surface area contributed by atoms with Crippen molar-refractivity contribution in [3.8, 4) is 0 Å². The third-order valence-corrected chi connectivity index (χ3v) is 3.43. The molecule has 12 heteroatoms. The van der Waals surface area contributed by atoms with E-state index in [9.17, 15) is 14.8 Å². The van der Waals surface area contributed by atoms with Gasteiger partial charge in [-0.2, -0.15) is 0 Å². The van der Waals surface area contributed by atoms with Gasteiger partial charge in [-0.1, -0.05) is 4.98 Å². The maximum atomic E-state index is 11.2. The summed E-state index contributed by atoms with van der Waals surface area (Å²) >= 11 is 0. The summed E-state index contributed by atoms with van der Waals surface area (Å²) in [5.74, 6) is -2.82. The fourth-order valence-electron chi connectivity index (χ4n) is 2.07. The molecule has 2 rings (SSSR count). The predicted molar refractivity (Wildman–Crippen MR) is 85.4 cm³/mol. The highest BCUT2D eigenvalue weighted by atomic mass is 16.5. The molecule has 0 spiro atoms. The van der Waals surface area contributed by atoms with Crippen LogP contribution in [0.25, 0.3) is 0 Å². The minimum Gasteiger partial charge on any atom is -0.754 e. The normalized spacial score (nSPS) is 16.3. The van der Waals surface area contributed by atoms with Gasteiger partial charge in [-0.05, 0) is 19.3 Å². The van der Waals surface area contributed by atoms with Crippen molar-refractivity contribution in [3.63, 3.8) is 0 Å². The third kappa shape index (κ3) is 5.61. The number of piperidine rings is 1. The van der Waals surface area contributed by atoms with E-state index in [1.54, 1.807) is 6.07 Å². The Hall–Kier alpha value is -2.86. The molecule has 1 fully saturated rings. The molecule has 2 unspecified atom stereocenters. The average Bonchev–Trinajstić information content (AvgIpc) is 2.59. The monoisotopic (exact) mass is 359 g/mol. The van der Waals surface area contributed by atoms with Gasteiger partial charge in [0.15, 0.2) is 23.8 Å². The van der Waals surface area contributed by atoms with Crippen LogP contribution >= 0.6 is 0 Å². The maximum absolute atomic E-state index is 11.2. The number of aromatic nitrogens is 2. The van der Waals surface area contributed by atoms with Crippen molar-refractivity contribution < 1.29 is 34.7 Å². The van der Waals surface area contributed by atoms with E-state index in [0.29, 0.717) is 10.5 Å². The zero-order valence-corrected chi connectivity index (χ0v) is 13.3. The largest absolute Gasteiger partial charge is 0.754 e. The second-order valence-electron chi connectivity index (χ2n) is 5.31. The minimum atomic E-state index is -2.27. The molecule has 0 bridgehead atoms. The van der Waals surface area contributed by atoms with E-state index in [2.05, 4.69) is 9.88 Å². The minimum absolute atomic E-state index is 0.0874. The summed E-state index contributed by atoms with van der Waals surface area (Å²) in [7, 11) is 0. The van der Waals surface area contributed by atoms with E-state index < -0.39 is 24.1 Å². The van der Waals surface area contributed by atoms with Gasteiger partial charge in [-0.15, -0.1) is 0 Å². The number of aliphatic hydroxyl groups excluding tert-OH is 2. The summed E-state index contributed by atoms with van der Waals surface area (Å²) in [6.07, 6.45) is -0.993. The maximum Gasteiger partial charge on any atom is 0.346 e. The Bertz CT molecular complexity index is 580.